The molecule has 0 aliphatic carbocycles. The van der Waals surface area contributed by atoms with Crippen LogP contribution in [0.25, 0.3) is 0 Å². The van der Waals surface area contributed by atoms with Crippen molar-refractivity contribution < 1.29 is 28.6 Å². The Kier molecular flexibility index (Phi) is 7.69. The van der Waals surface area contributed by atoms with Gasteiger partial charge in [0.25, 0.3) is 5.78 Å². The van der Waals surface area contributed by atoms with E-state index in [4.69, 9.17) is 14.2 Å². The highest BCUT2D eigenvalue weighted by Gasteiger charge is 2.41. The second-order valence-electron chi connectivity index (χ2n) is 10.3. The summed E-state index contributed by atoms with van der Waals surface area (Å²) in [5.74, 6) is -1.18. The Balaban J connectivity index is 1.48. The first-order valence-electron chi connectivity index (χ1n) is 13.1. The van der Waals surface area contributed by atoms with Gasteiger partial charge in [-0.25, -0.2) is 4.79 Å². The van der Waals surface area contributed by atoms with Crippen LogP contribution in [0.4, 0.5) is 21.9 Å². The van der Waals surface area contributed by atoms with E-state index >= 15 is 0 Å². The molecule has 208 valence electrons. The van der Waals surface area contributed by atoms with E-state index in [0.29, 0.717) is 5.88 Å². The fourth-order valence-corrected chi connectivity index (χ4v) is 4.27. The van der Waals surface area contributed by atoms with Crippen molar-refractivity contribution in [3.8, 4) is 11.8 Å². The zero-order valence-electron chi connectivity index (χ0n) is 22.9. The molecule has 1 aliphatic rings. The standard InChI is InChI=1S/C32H29N3O6/c1-32(2,3)41-31(38)33-23-15-10-16-24-27(23)28(36)30(37)35(24)25-17-18-26(39-19-21-11-6-4-7-12-21)34-29(25)40-20-22-13-8-5-9-14-22/h4-18H,19-20H2,1-3H3,(H,33,38). The van der Waals surface area contributed by atoms with E-state index in [9.17, 15) is 14.4 Å². The van der Waals surface area contributed by atoms with Crippen LogP contribution in [-0.4, -0.2) is 28.4 Å². The molecule has 41 heavy (non-hydrogen) atoms. The number of fused-ring (bicyclic) bond motifs is 1. The number of hydrogen-bond donors (Lipinski definition) is 1. The van der Waals surface area contributed by atoms with Crippen LogP contribution in [0, 0.1) is 0 Å². The van der Waals surface area contributed by atoms with Crippen molar-refractivity contribution in [1.82, 2.24) is 4.98 Å². The Bertz CT molecular complexity index is 1580. The van der Waals surface area contributed by atoms with Gasteiger partial charge in [0.1, 0.15) is 24.5 Å². The number of nitrogens with zero attached hydrogens (tertiary/aromatic N) is 2. The molecule has 1 aromatic heterocycles. The fourth-order valence-electron chi connectivity index (χ4n) is 4.27. The summed E-state index contributed by atoms with van der Waals surface area (Å²) >= 11 is 0. The molecule has 1 aliphatic heterocycles. The monoisotopic (exact) mass is 551 g/mol. The topological polar surface area (TPSA) is 107 Å². The molecule has 4 aromatic rings. The van der Waals surface area contributed by atoms with E-state index in [2.05, 4.69) is 10.3 Å². The van der Waals surface area contributed by atoms with E-state index in [1.165, 1.54) is 4.90 Å². The molecular formula is C32H29N3O6. The molecule has 1 N–H and O–H groups in total. The number of pyridine rings is 1. The number of nitrogens with one attached hydrogen (secondary N) is 1. The van der Waals surface area contributed by atoms with Crippen LogP contribution in [0.2, 0.25) is 0 Å². The third kappa shape index (κ3) is 6.36. The second-order valence-corrected chi connectivity index (χ2v) is 10.3. The highest BCUT2D eigenvalue weighted by molar-refractivity contribution is 6.55. The summed E-state index contributed by atoms with van der Waals surface area (Å²) in [5, 5.41) is 2.60. The van der Waals surface area contributed by atoms with Gasteiger partial charge in [-0.05, 0) is 50.1 Å². The highest BCUT2D eigenvalue weighted by atomic mass is 16.6. The lowest BCUT2D eigenvalue weighted by atomic mass is 10.1. The molecule has 0 saturated heterocycles. The molecule has 9 nitrogen and oxygen atoms in total. The molecule has 0 atom stereocenters. The normalized spacial score (nSPS) is 12.6. The van der Waals surface area contributed by atoms with E-state index in [-0.39, 0.29) is 41.7 Å². The quantitative estimate of drug-likeness (QED) is 0.251. The van der Waals surface area contributed by atoms with Crippen molar-refractivity contribution in [3.63, 3.8) is 0 Å². The second kappa shape index (κ2) is 11.5. The maximum atomic E-state index is 13.4. The maximum Gasteiger partial charge on any atom is 0.412 e. The minimum absolute atomic E-state index is 0.0572. The predicted molar refractivity (Wildman–Crippen MR) is 154 cm³/mol. The van der Waals surface area contributed by atoms with Crippen LogP contribution >= 0.6 is 0 Å². The number of amides is 2. The Morgan fingerprint density at radius 3 is 2.05 bits per heavy atom. The SMILES string of the molecule is CC(C)(C)OC(=O)Nc1cccc2c1C(=O)C(=O)N2c1ccc(OCc2ccccc2)nc1OCc1ccccc1. The molecule has 2 amide bonds. The number of rotatable bonds is 8. The highest BCUT2D eigenvalue weighted by Crippen LogP contribution is 2.43. The number of hydrogen-bond acceptors (Lipinski definition) is 7. The summed E-state index contributed by atoms with van der Waals surface area (Å²) in [6.45, 7) is 5.65. The van der Waals surface area contributed by atoms with Crippen LogP contribution in [-0.2, 0) is 22.7 Å². The average Bonchev–Trinajstić information content (AvgIpc) is 3.21. The molecule has 0 bridgehead atoms. The van der Waals surface area contributed by atoms with Gasteiger partial charge in [0.05, 0.1) is 16.9 Å². The van der Waals surface area contributed by atoms with E-state index in [1.807, 2.05) is 60.7 Å². The third-order valence-electron chi connectivity index (χ3n) is 6.05. The first-order chi connectivity index (χ1) is 19.7. The zero-order valence-corrected chi connectivity index (χ0v) is 22.9. The van der Waals surface area contributed by atoms with Crippen molar-refractivity contribution >= 4 is 34.8 Å². The summed E-state index contributed by atoms with van der Waals surface area (Å²) < 4.78 is 17.3. The maximum absolute atomic E-state index is 13.4. The molecule has 3 aromatic carbocycles. The first-order valence-corrected chi connectivity index (χ1v) is 13.1. The number of benzene rings is 3. The summed E-state index contributed by atoms with van der Waals surface area (Å²) in [6.07, 6.45) is -0.738. The number of ether oxygens (including phenoxy) is 3. The van der Waals surface area contributed by atoms with Gasteiger partial charge in [0, 0.05) is 6.07 Å². The lowest BCUT2D eigenvalue weighted by molar-refractivity contribution is -0.113. The van der Waals surface area contributed by atoms with Crippen molar-refractivity contribution in [1.29, 1.82) is 0 Å². The van der Waals surface area contributed by atoms with Crippen molar-refractivity contribution in [3.05, 3.63) is 108 Å². The molecule has 0 unspecified atom stereocenters. The van der Waals surface area contributed by atoms with Crippen molar-refractivity contribution in [2.24, 2.45) is 0 Å². The van der Waals surface area contributed by atoms with E-state index < -0.39 is 23.4 Å². The lowest BCUT2D eigenvalue weighted by Crippen LogP contribution is -2.28. The van der Waals surface area contributed by atoms with Crippen LogP contribution in [0.5, 0.6) is 11.8 Å². The fraction of sp³-hybridized carbons (Fsp3) is 0.188. The number of ketones is 1. The molecule has 0 spiro atoms. The largest absolute Gasteiger partial charge is 0.473 e. The molecule has 0 radical (unpaired) electrons. The van der Waals surface area contributed by atoms with Crippen LogP contribution in [0.3, 0.4) is 0 Å². The summed E-state index contributed by atoms with van der Waals surface area (Å²) in [6, 6.07) is 27.2. The van der Waals surface area contributed by atoms with E-state index in [1.54, 1.807) is 51.1 Å². The molecule has 9 heteroatoms. The van der Waals surface area contributed by atoms with Crippen LogP contribution in [0.15, 0.2) is 91.0 Å². The number of anilines is 3. The van der Waals surface area contributed by atoms with Crippen LogP contribution < -0.4 is 19.7 Å². The molecule has 0 fully saturated rings. The number of carbonyl (C=O) groups is 3. The number of carbonyl (C=O) groups excluding carboxylic acids is 3. The zero-order chi connectivity index (χ0) is 29.0. The number of Topliss-reactive ketones (excluding diaryl/α,β-unsaturated/α-hetero) is 1. The Labute approximate surface area is 237 Å². The Morgan fingerprint density at radius 1 is 0.780 bits per heavy atom. The molecular weight excluding hydrogens is 522 g/mol. The summed E-state index contributed by atoms with van der Waals surface area (Å²) in [7, 11) is 0. The summed E-state index contributed by atoms with van der Waals surface area (Å²) in [4.78, 5) is 44.8. The number of aromatic nitrogens is 1. The Morgan fingerprint density at radius 2 is 1.41 bits per heavy atom. The van der Waals surface area contributed by atoms with Gasteiger partial charge >= 0.3 is 12.0 Å². The smallest absolute Gasteiger partial charge is 0.412 e. The minimum Gasteiger partial charge on any atom is -0.473 e. The van der Waals surface area contributed by atoms with Gasteiger partial charge in [-0.3, -0.25) is 19.8 Å². The predicted octanol–water partition coefficient (Wildman–Crippen LogP) is 6.45. The van der Waals surface area contributed by atoms with Crippen molar-refractivity contribution in [2.75, 3.05) is 10.2 Å². The van der Waals surface area contributed by atoms with Gasteiger partial charge in [0.2, 0.25) is 11.8 Å². The van der Waals surface area contributed by atoms with Gasteiger partial charge < -0.3 is 14.2 Å². The lowest BCUT2D eigenvalue weighted by Gasteiger charge is -2.21. The Hall–Kier alpha value is -5.18. The molecule has 2 heterocycles. The van der Waals surface area contributed by atoms with E-state index in [0.717, 1.165) is 11.1 Å². The average molecular weight is 552 g/mol. The van der Waals surface area contributed by atoms with Gasteiger partial charge in [-0.1, -0.05) is 66.7 Å². The van der Waals surface area contributed by atoms with Gasteiger partial charge in [-0.15, -0.1) is 0 Å². The summed E-state index contributed by atoms with van der Waals surface area (Å²) in [5.41, 5.74) is 1.89. The first kappa shape index (κ1) is 27.4. The van der Waals surface area contributed by atoms with Crippen molar-refractivity contribution in [2.45, 2.75) is 39.6 Å². The molecule has 0 saturated carbocycles. The van der Waals surface area contributed by atoms with Gasteiger partial charge in [-0.2, -0.15) is 4.98 Å². The minimum atomic E-state index is -0.803. The third-order valence-corrected chi connectivity index (χ3v) is 6.05. The van der Waals surface area contributed by atoms with Crippen LogP contribution in [0.1, 0.15) is 42.3 Å². The molecule has 5 rings (SSSR count). The van der Waals surface area contributed by atoms with Gasteiger partial charge in [0.15, 0.2) is 0 Å².